The van der Waals surface area contributed by atoms with E-state index in [0.717, 1.165) is 0 Å². The number of nitrogens with one attached hydrogen (secondary N) is 1. The first-order chi connectivity index (χ1) is 13.0. The van der Waals surface area contributed by atoms with Gasteiger partial charge in [-0.2, -0.15) is 4.31 Å². The molecule has 1 saturated heterocycles. The minimum Gasteiger partial charge on any atom is -0.492 e. The molecule has 7 nitrogen and oxygen atoms in total. The maximum absolute atomic E-state index is 13.1. The number of rotatable bonds is 6. The molecule has 0 saturated carbocycles. The van der Waals surface area contributed by atoms with Crippen LogP contribution in [0.3, 0.4) is 0 Å². The predicted octanol–water partition coefficient (Wildman–Crippen LogP) is 2.36. The third kappa shape index (κ3) is 4.47. The van der Waals surface area contributed by atoms with Crippen LogP contribution in [0.15, 0.2) is 53.4 Å². The summed E-state index contributed by atoms with van der Waals surface area (Å²) in [7, 11) is -3.76. The fourth-order valence-electron chi connectivity index (χ4n) is 2.78. The fourth-order valence-corrected chi connectivity index (χ4v) is 4.35. The molecule has 2 aromatic rings. The van der Waals surface area contributed by atoms with Crippen LogP contribution in [-0.4, -0.2) is 51.5 Å². The van der Waals surface area contributed by atoms with E-state index in [0.29, 0.717) is 31.1 Å². The molecule has 3 rings (SSSR count). The maximum atomic E-state index is 13.1. The molecule has 0 aliphatic carbocycles. The van der Waals surface area contributed by atoms with Crippen molar-refractivity contribution >= 4 is 21.6 Å². The summed E-state index contributed by atoms with van der Waals surface area (Å²) < 4.78 is 38.3. The Labute approximate surface area is 158 Å². The van der Waals surface area contributed by atoms with E-state index in [1.54, 1.807) is 43.3 Å². The zero-order valence-corrected chi connectivity index (χ0v) is 15.9. The highest BCUT2D eigenvalue weighted by molar-refractivity contribution is 7.89. The fraction of sp³-hybridized carbons (Fsp3) is 0.316. The second-order valence-corrected chi connectivity index (χ2v) is 7.84. The lowest BCUT2D eigenvalue weighted by Gasteiger charge is -2.27. The van der Waals surface area contributed by atoms with Gasteiger partial charge in [0, 0.05) is 24.3 Å². The standard InChI is InChI=1S/C19H22N2O5S/c1-2-26-17-9-8-16(20-19(22)15-6-4-3-5-7-15)14-18(17)27(23,24)21-10-12-25-13-11-21/h3-9,14H,2,10-13H2,1H3,(H,20,22). The lowest BCUT2D eigenvalue weighted by molar-refractivity contribution is 0.0729. The van der Waals surface area contributed by atoms with E-state index in [-0.39, 0.29) is 29.6 Å². The van der Waals surface area contributed by atoms with Crippen LogP contribution in [-0.2, 0) is 14.8 Å². The van der Waals surface area contributed by atoms with E-state index in [9.17, 15) is 13.2 Å². The van der Waals surface area contributed by atoms with Gasteiger partial charge in [0.15, 0.2) is 0 Å². The Kier molecular flexibility index (Phi) is 6.10. The number of ether oxygens (including phenoxy) is 2. The summed E-state index contributed by atoms with van der Waals surface area (Å²) >= 11 is 0. The SMILES string of the molecule is CCOc1ccc(NC(=O)c2ccccc2)cc1S(=O)(=O)N1CCOCC1. The van der Waals surface area contributed by atoms with E-state index >= 15 is 0 Å². The molecule has 0 radical (unpaired) electrons. The highest BCUT2D eigenvalue weighted by Crippen LogP contribution is 2.30. The number of amides is 1. The third-order valence-corrected chi connectivity index (χ3v) is 6.05. The Balaban J connectivity index is 1.92. The molecule has 1 heterocycles. The topological polar surface area (TPSA) is 84.9 Å². The van der Waals surface area contributed by atoms with Crippen molar-refractivity contribution in [3.63, 3.8) is 0 Å². The minimum atomic E-state index is -3.76. The van der Waals surface area contributed by atoms with Crippen LogP contribution >= 0.6 is 0 Å². The van der Waals surface area contributed by atoms with Crippen LogP contribution in [0.4, 0.5) is 5.69 Å². The quantitative estimate of drug-likeness (QED) is 0.818. The van der Waals surface area contributed by atoms with Crippen LogP contribution < -0.4 is 10.1 Å². The van der Waals surface area contributed by atoms with Crippen molar-refractivity contribution in [2.45, 2.75) is 11.8 Å². The number of anilines is 1. The zero-order chi connectivity index (χ0) is 19.3. The number of carbonyl (C=O) groups excluding carboxylic acids is 1. The van der Waals surface area contributed by atoms with Gasteiger partial charge in [-0.15, -0.1) is 0 Å². The largest absolute Gasteiger partial charge is 0.492 e. The van der Waals surface area contributed by atoms with E-state index in [1.807, 2.05) is 6.07 Å². The van der Waals surface area contributed by atoms with Gasteiger partial charge in [-0.1, -0.05) is 18.2 Å². The van der Waals surface area contributed by atoms with Crippen molar-refractivity contribution in [2.24, 2.45) is 0 Å². The number of hydrogen-bond donors (Lipinski definition) is 1. The molecule has 1 fully saturated rings. The lowest BCUT2D eigenvalue weighted by Crippen LogP contribution is -2.40. The second kappa shape index (κ2) is 8.51. The van der Waals surface area contributed by atoms with E-state index < -0.39 is 10.0 Å². The average molecular weight is 390 g/mol. The summed E-state index contributed by atoms with van der Waals surface area (Å²) in [5.41, 5.74) is 0.878. The molecule has 1 aliphatic rings. The van der Waals surface area contributed by atoms with Crippen LogP contribution in [0.25, 0.3) is 0 Å². The van der Waals surface area contributed by atoms with E-state index in [1.165, 1.54) is 10.4 Å². The molecule has 0 spiro atoms. The Morgan fingerprint density at radius 2 is 1.85 bits per heavy atom. The number of hydrogen-bond acceptors (Lipinski definition) is 5. The first-order valence-corrected chi connectivity index (χ1v) is 10.2. The highest BCUT2D eigenvalue weighted by Gasteiger charge is 2.29. The van der Waals surface area contributed by atoms with Gasteiger partial charge in [-0.3, -0.25) is 4.79 Å². The average Bonchev–Trinajstić information content (AvgIpc) is 2.70. The van der Waals surface area contributed by atoms with Gasteiger partial charge < -0.3 is 14.8 Å². The van der Waals surface area contributed by atoms with E-state index in [2.05, 4.69) is 5.32 Å². The van der Waals surface area contributed by atoms with E-state index in [4.69, 9.17) is 9.47 Å². The number of sulfonamides is 1. The Morgan fingerprint density at radius 1 is 1.15 bits per heavy atom. The number of carbonyl (C=O) groups is 1. The van der Waals surface area contributed by atoms with Crippen molar-refractivity contribution < 1.29 is 22.7 Å². The van der Waals surface area contributed by atoms with Crippen molar-refractivity contribution in [1.29, 1.82) is 0 Å². The molecule has 1 N–H and O–H groups in total. The van der Waals surface area contributed by atoms with Gasteiger partial charge in [0.25, 0.3) is 5.91 Å². The first kappa shape index (κ1) is 19.3. The molecule has 0 unspecified atom stereocenters. The van der Waals surface area contributed by atoms with Gasteiger partial charge in [0.05, 0.1) is 19.8 Å². The number of morpholine rings is 1. The minimum absolute atomic E-state index is 0.0390. The Morgan fingerprint density at radius 3 is 2.52 bits per heavy atom. The lowest BCUT2D eigenvalue weighted by atomic mass is 10.2. The summed E-state index contributed by atoms with van der Waals surface area (Å²) in [6.45, 7) is 3.40. The van der Waals surface area contributed by atoms with Crippen molar-refractivity contribution in [2.75, 3.05) is 38.2 Å². The molecule has 1 amide bonds. The number of benzene rings is 2. The Hall–Kier alpha value is -2.42. The van der Waals surface area contributed by atoms with Gasteiger partial charge >= 0.3 is 0 Å². The molecule has 144 valence electrons. The predicted molar refractivity (Wildman–Crippen MR) is 102 cm³/mol. The molecule has 0 bridgehead atoms. The summed E-state index contributed by atoms with van der Waals surface area (Å²) in [5.74, 6) is -0.0452. The second-order valence-electron chi connectivity index (χ2n) is 5.93. The molecular weight excluding hydrogens is 368 g/mol. The van der Waals surface area contributed by atoms with Gasteiger partial charge in [0.2, 0.25) is 10.0 Å². The van der Waals surface area contributed by atoms with Gasteiger partial charge in [-0.05, 0) is 37.3 Å². The van der Waals surface area contributed by atoms with Crippen molar-refractivity contribution in [1.82, 2.24) is 4.31 Å². The van der Waals surface area contributed by atoms with Crippen LogP contribution in [0.2, 0.25) is 0 Å². The molecule has 8 heteroatoms. The molecular formula is C19H22N2O5S. The van der Waals surface area contributed by atoms with Gasteiger partial charge in [-0.25, -0.2) is 8.42 Å². The summed E-state index contributed by atoms with van der Waals surface area (Å²) in [6, 6.07) is 13.4. The molecule has 27 heavy (non-hydrogen) atoms. The highest BCUT2D eigenvalue weighted by atomic mass is 32.2. The smallest absolute Gasteiger partial charge is 0.255 e. The van der Waals surface area contributed by atoms with Crippen LogP contribution in [0.5, 0.6) is 5.75 Å². The van der Waals surface area contributed by atoms with Crippen LogP contribution in [0, 0.1) is 0 Å². The van der Waals surface area contributed by atoms with Crippen LogP contribution in [0.1, 0.15) is 17.3 Å². The summed E-state index contributed by atoms with van der Waals surface area (Å²) in [6.07, 6.45) is 0. The zero-order valence-electron chi connectivity index (χ0n) is 15.1. The molecule has 0 atom stereocenters. The van der Waals surface area contributed by atoms with Gasteiger partial charge in [0.1, 0.15) is 10.6 Å². The summed E-state index contributed by atoms with van der Waals surface area (Å²) in [4.78, 5) is 12.4. The number of nitrogens with zero attached hydrogens (tertiary/aromatic N) is 1. The first-order valence-electron chi connectivity index (χ1n) is 8.73. The monoisotopic (exact) mass is 390 g/mol. The van der Waals surface area contributed by atoms with Crippen molar-refractivity contribution in [3.8, 4) is 5.75 Å². The molecule has 0 aromatic heterocycles. The molecule has 1 aliphatic heterocycles. The van der Waals surface area contributed by atoms with Crippen molar-refractivity contribution in [3.05, 3.63) is 54.1 Å². The third-order valence-electron chi connectivity index (χ3n) is 4.13. The molecule has 2 aromatic carbocycles. The maximum Gasteiger partial charge on any atom is 0.255 e. The normalized spacial score (nSPS) is 15.3. The summed E-state index contributed by atoms with van der Waals surface area (Å²) in [5, 5.41) is 2.74. The Bertz CT molecular complexity index is 894.